The van der Waals surface area contributed by atoms with E-state index in [0.717, 1.165) is 42.0 Å². The van der Waals surface area contributed by atoms with Gasteiger partial charge < -0.3 is 19.5 Å². The van der Waals surface area contributed by atoms with E-state index in [2.05, 4.69) is 37.9 Å². The highest BCUT2D eigenvalue weighted by Crippen LogP contribution is 2.40. The van der Waals surface area contributed by atoms with Gasteiger partial charge in [0.05, 0.1) is 18.2 Å². The molecule has 0 saturated carbocycles. The number of piperazine rings is 1. The monoisotopic (exact) mass is 520 g/mol. The summed E-state index contributed by atoms with van der Waals surface area (Å²) in [6, 6.07) is 19.0. The number of hydrogen-bond acceptors (Lipinski definition) is 6. The van der Waals surface area contributed by atoms with Crippen molar-refractivity contribution in [1.29, 1.82) is 0 Å². The minimum Gasteiger partial charge on any atom is -0.507 e. The zero-order chi connectivity index (χ0) is 23.7. The van der Waals surface area contributed by atoms with Crippen molar-refractivity contribution in [3.8, 4) is 17.2 Å². The van der Waals surface area contributed by atoms with Gasteiger partial charge in [0.2, 0.25) is 5.78 Å². The van der Waals surface area contributed by atoms with Gasteiger partial charge in [0.25, 0.3) is 0 Å². The number of halogens is 1. The molecule has 6 nitrogen and oxygen atoms in total. The molecule has 2 heterocycles. The van der Waals surface area contributed by atoms with Crippen LogP contribution in [0.5, 0.6) is 17.2 Å². The number of methoxy groups -OCH3 is 1. The van der Waals surface area contributed by atoms with Gasteiger partial charge in [-0.25, -0.2) is 0 Å². The third kappa shape index (κ3) is 4.41. The Labute approximate surface area is 207 Å². The Morgan fingerprint density at radius 1 is 1.03 bits per heavy atom. The number of aromatic hydroxyl groups is 1. The van der Waals surface area contributed by atoms with E-state index in [0.29, 0.717) is 23.4 Å². The van der Waals surface area contributed by atoms with Crippen LogP contribution in [-0.4, -0.2) is 49.1 Å². The van der Waals surface area contributed by atoms with Crippen molar-refractivity contribution in [3.63, 3.8) is 0 Å². The topological polar surface area (TPSA) is 62.2 Å². The van der Waals surface area contributed by atoms with Gasteiger partial charge in [-0.3, -0.25) is 9.69 Å². The number of fused-ring (bicyclic) bond motifs is 1. The molecule has 0 radical (unpaired) electrons. The number of ketones is 1. The van der Waals surface area contributed by atoms with Crippen molar-refractivity contribution in [2.75, 3.05) is 38.2 Å². The molecule has 2 aliphatic heterocycles. The predicted octanol–water partition coefficient (Wildman–Crippen LogP) is 5.10. The molecule has 0 spiro atoms. The fourth-order valence-electron chi connectivity index (χ4n) is 4.36. The van der Waals surface area contributed by atoms with Crippen LogP contribution in [0.2, 0.25) is 0 Å². The van der Waals surface area contributed by atoms with Crippen LogP contribution in [0.1, 0.15) is 21.5 Å². The van der Waals surface area contributed by atoms with Gasteiger partial charge in [-0.2, -0.15) is 0 Å². The highest BCUT2D eigenvalue weighted by molar-refractivity contribution is 9.10. The molecular formula is C27H25BrN2O4. The minimum atomic E-state index is -0.170. The minimum absolute atomic E-state index is 0.145. The Morgan fingerprint density at radius 3 is 2.47 bits per heavy atom. The number of carbonyl (C=O) groups excluding carboxylic acids is 1. The van der Waals surface area contributed by atoms with Gasteiger partial charge in [0.15, 0.2) is 5.76 Å². The normalized spacial score (nSPS) is 17.1. The first-order chi connectivity index (χ1) is 16.5. The maximum absolute atomic E-state index is 13.0. The zero-order valence-corrected chi connectivity index (χ0v) is 20.4. The summed E-state index contributed by atoms with van der Waals surface area (Å²) in [6.07, 6.45) is 1.74. The molecule has 1 N–H and O–H groups in total. The number of phenolic OH excluding ortho intramolecular Hbond substituents is 1. The second kappa shape index (κ2) is 9.52. The van der Waals surface area contributed by atoms with Crippen molar-refractivity contribution in [2.24, 2.45) is 0 Å². The van der Waals surface area contributed by atoms with Crippen LogP contribution in [0.15, 0.2) is 70.9 Å². The first-order valence-corrected chi connectivity index (χ1v) is 12.0. The van der Waals surface area contributed by atoms with Crippen LogP contribution < -0.4 is 14.4 Å². The van der Waals surface area contributed by atoms with E-state index in [1.807, 2.05) is 36.4 Å². The number of ether oxygens (including phenoxy) is 2. The largest absolute Gasteiger partial charge is 0.507 e. The molecule has 5 rings (SSSR count). The molecule has 7 heteroatoms. The fraction of sp³-hybridized carbons (Fsp3) is 0.222. The summed E-state index contributed by atoms with van der Waals surface area (Å²) in [7, 11) is 1.67. The Bertz CT molecular complexity index is 1250. The number of anilines is 1. The van der Waals surface area contributed by atoms with E-state index in [4.69, 9.17) is 9.47 Å². The molecule has 0 unspecified atom stereocenters. The van der Waals surface area contributed by atoms with Crippen LogP contribution in [0.25, 0.3) is 6.08 Å². The predicted molar refractivity (Wildman–Crippen MR) is 136 cm³/mol. The number of hydrogen-bond donors (Lipinski definition) is 1. The summed E-state index contributed by atoms with van der Waals surface area (Å²) in [5.41, 5.74) is 3.17. The summed E-state index contributed by atoms with van der Waals surface area (Å²) in [6.45, 7) is 3.93. The number of nitrogens with zero attached hydrogens (tertiary/aromatic N) is 2. The molecule has 3 aromatic carbocycles. The lowest BCUT2D eigenvalue weighted by atomic mass is 10.0. The lowest BCUT2D eigenvalue weighted by Crippen LogP contribution is -2.46. The van der Waals surface area contributed by atoms with Gasteiger partial charge >= 0.3 is 0 Å². The van der Waals surface area contributed by atoms with E-state index >= 15 is 0 Å². The Kier molecular flexibility index (Phi) is 6.30. The van der Waals surface area contributed by atoms with Crippen molar-refractivity contribution >= 4 is 33.5 Å². The van der Waals surface area contributed by atoms with Crippen molar-refractivity contribution in [1.82, 2.24) is 4.90 Å². The van der Waals surface area contributed by atoms with E-state index in [1.54, 1.807) is 25.3 Å². The molecule has 0 aliphatic carbocycles. The highest BCUT2D eigenvalue weighted by Gasteiger charge is 2.32. The molecule has 0 amide bonds. The Hall–Kier alpha value is -3.29. The third-order valence-electron chi connectivity index (χ3n) is 6.30. The standard InChI is InChI=1S/C27H25BrN2O4/c1-33-20-8-6-19(7-9-20)30-14-12-29(13-15-30)17-22-24(31)11-10-21-26(32)25(34-27(21)22)16-18-4-2-3-5-23(18)28/h2-11,16,31H,12-15,17H2,1H3/b25-16-. The van der Waals surface area contributed by atoms with E-state index in [1.165, 1.54) is 5.69 Å². The number of allylic oxidation sites excluding steroid dienone is 1. The van der Waals surface area contributed by atoms with Crippen LogP contribution in [0.4, 0.5) is 5.69 Å². The number of rotatable bonds is 5. The first-order valence-electron chi connectivity index (χ1n) is 11.2. The van der Waals surface area contributed by atoms with Crippen LogP contribution in [-0.2, 0) is 6.54 Å². The molecule has 3 aromatic rings. The van der Waals surface area contributed by atoms with Gasteiger partial charge in [-0.15, -0.1) is 0 Å². The van der Waals surface area contributed by atoms with E-state index in [9.17, 15) is 9.90 Å². The lowest BCUT2D eigenvalue weighted by Gasteiger charge is -2.36. The summed E-state index contributed by atoms with van der Waals surface area (Å²) in [5.74, 6) is 1.54. The molecular weight excluding hydrogens is 496 g/mol. The molecule has 0 atom stereocenters. The molecule has 1 saturated heterocycles. The SMILES string of the molecule is COc1ccc(N2CCN(Cc3c(O)ccc4c3O/C(=C\c3ccccc3Br)C4=O)CC2)cc1. The maximum Gasteiger partial charge on any atom is 0.231 e. The summed E-state index contributed by atoms with van der Waals surface area (Å²) < 4.78 is 12.2. The molecule has 2 aliphatic rings. The first kappa shape index (κ1) is 22.5. The zero-order valence-electron chi connectivity index (χ0n) is 18.8. The summed E-state index contributed by atoms with van der Waals surface area (Å²) >= 11 is 3.51. The van der Waals surface area contributed by atoms with E-state index < -0.39 is 0 Å². The number of carbonyl (C=O) groups is 1. The number of phenols is 1. The smallest absolute Gasteiger partial charge is 0.231 e. The van der Waals surface area contributed by atoms with Crippen molar-refractivity contribution in [3.05, 3.63) is 87.6 Å². The number of benzene rings is 3. The third-order valence-corrected chi connectivity index (χ3v) is 7.02. The van der Waals surface area contributed by atoms with E-state index in [-0.39, 0.29) is 17.3 Å². The summed E-state index contributed by atoms with van der Waals surface area (Å²) in [4.78, 5) is 17.6. The van der Waals surface area contributed by atoms with Crippen LogP contribution >= 0.6 is 15.9 Å². The molecule has 0 bridgehead atoms. The molecule has 0 aromatic heterocycles. The quantitative estimate of drug-likeness (QED) is 0.472. The van der Waals surface area contributed by atoms with Gasteiger partial charge in [0.1, 0.15) is 17.2 Å². The molecule has 174 valence electrons. The average molecular weight is 521 g/mol. The van der Waals surface area contributed by atoms with Crippen LogP contribution in [0.3, 0.4) is 0 Å². The van der Waals surface area contributed by atoms with Crippen molar-refractivity contribution < 1.29 is 19.4 Å². The lowest BCUT2D eigenvalue weighted by molar-refractivity contribution is 0.101. The Balaban J connectivity index is 1.31. The second-order valence-electron chi connectivity index (χ2n) is 8.36. The Morgan fingerprint density at radius 2 is 1.76 bits per heavy atom. The van der Waals surface area contributed by atoms with Crippen LogP contribution in [0, 0.1) is 0 Å². The maximum atomic E-state index is 13.0. The fourth-order valence-corrected chi connectivity index (χ4v) is 4.76. The van der Waals surface area contributed by atoms with Gasteiger partial charge in [0, 0.05) is 42.9 Å². The van der Waals surface area contributed by atoms with Gasteiger partial charge in [-0.05, 0) is 54.1 Å². The molecule has 34 heavy (non-hydrogen) atoms. The number of Topliss-reactive ketones (excluding diaryl/α,β-unsaturated/α-hetero) is 1. The summed E-state index contributed by atoms with van der Waals surface area (Å²) in [5, 5.41) is 10.6. The average Bonchev–Trinajstić information content (AvgIpc) is 3.18. The van der Waals surface area contributed by atoms with Gasteiger partial charge in [-0.1, -0.05) is 34.1 Å². The molecule has 1 fully saturated rings. The van der Waals surface area contributed by atoms with Crippen molar-refractivity contribution in [2.45, 2.75) is 6.54 Å². The second-order valence-corrected chi connectivity index (χ2v) is 9.22. The highest BCUT2D eigenvalue weighted by atomic mass is 79.9.